The molecule has 0 radical (unpaired) electrons. The lowest BCUT2D eigenvalue weighted by molar-refractivity contribution is 0.243. The second-order valence-electron chi connectivity index (χ2n) is 4.26. The van der Waals surface area contributed by atoms with Gasteiger partial charge in [0.15, 0.2) is 0 Å². The molecule has 4 heteroatoms. The summed E-state index contributed by atoms with van der Waals surface area (Å²) < 4.78 is 14.4. The molecule has 0 saturated heterocycles. The monoisotopic (exact) mass is 323 g/mol. The number of halogens is 2. The minimum atomic E-state index is -0.258. The van der Waals surface area contributed by atoms with E-state index in [4.69, 9.17) is 0 Å². The van der Waals surface area contributed by atoms with Crippen molar-refractivity contribution in [1.29, 1.82) is 0 Å². The molecule has 0 aliphatic rings. The minimum absolute atomic E-state index is 0.0256. The highest BCUT2D eigenvalue weighted by molar-refractivity contribution is 9.10. The second-order valence-corrected chi connectivity index (χ2v) is 5.18. The topological polar surface area (TPSA) is 32.3 Å². The SMILES string of the molecule is OC[C@@H](NCc1ccc(Br)cc1F)c1ccccc1. The van der Waals surface area contributed by atoms with Crippen LogP contribution in [0.5, 0.6) is 0 Å². The molecule has 2 aromatic carbocycles. The molecule has 0 aliphatic heterocycles. The van der Waals surface area contributed by atoms with E-state index in [1.165, 1.54) is 6.07 Å². The van der Waals surface area contributed by atoms with Gasteiger partial charge in [-0.25, -0.2) is 4.39 Å². The van der Waals surface area contributed by atoms with Crippen LogP contribution in [0.3, 0.4) is 0 Å². The van der Waals surface area contributed by atoms with Gasteiger partial charge in [0.1, 0.15) is 5.82 Å². The quantitative estimate of drug-likeness (QED) is 0.883. The fraction of sp³-hybridized carbons (Fsp3) is 0.200. The maximum absolute atomic E-state index is 13.7. The average molecular weight is 324 g/mol. The van der Waals surface area contributed by atoms with E-state index in [2.05, 4.69) is 21.2 Å². The molecule has 0 aliphatic carbocycles. The Morgan fingerprint density at radius 1 is 1.16 bits per heavy atom. The summed E-state index contributed by atoms with van der Waals surface area (Å²) in [6.07, 6.45) is 0. The summed E-state index contributed by atoms with van der Waals surface area (Å²) in [6, 6.07) is 14.4. The molecule has 0 amide bonds. The molecule has 0 heterocycles. The molecule has 0 spiro atoms. The van der Waals surface area contributed by atoms with Crippen LogP contribution in [0.4, 0.5) is 4.39 Å². The van der Waals surface area contributed by atoms with Crippen molar-refractivity contribution in [3.8, 4) is 0 Å². The molecule has 0 bridgehead atoms. The summed E-state index contributed by atoms with van der Waals surface area (Å²) in [6.45, 7) is 0.349. The molecule has 2 aromatic rings. The standard InChI is InChI=1S/C15H15BrFNO/c16-13-7-6-12(14(17)8-13)9-18-15(10-19)11-4-2-1-3-5-11/h1-8,15,18-19H,9-10H2/t15-/m1/s1. The van der Waals surface area contributed by atoms with Gasteiger partial charge in [0.05, 0.1) is 12.6 Å². The van der Waals surface area contributed by atoms with Gasteiger partial charge in [-0.05, 0) is 17.7 Å². The van der Waals surface area contributed by atoms with Crippen LogP contribution >= 0.6 is 15.9 Å². The largest absolute Gasteiger partial charge is 0.394 e. The smallest absolute Gasteiger partial charge is 0.128 e. The predicted molar refractivity (Wildman–Crippen MR) is 77.2 cm³/mol. The average Bonchev–Trinajstić information content (AvgIpc) is 2.43. The van der Waals surface area contributed by atoms with E-state index in [0.29, 0.717) is 12.1 Å². The Balaban J connectivity index is 2.04. The number of aliphatic hydroxyl groups excluding tert-OH is 1. The van der Waals surface area contributed by atoms with Crippen molar-refractivity contribution in [2.75, 3.05) is 6.61 Å². The summed E-state index contributed by atoms with van der Waals surface area (Å²) in [5.41, 5.74) is 1.57. The van der Waals surface area contributed by atoms with Gasteiger partial charge in [0.25, 0.3) is 0 Å². The van der Waals surface area contributed by atoms with Gasteiger partial charge < -0.3 is 10.4 Å². The summed E-state index contributed by atoms with van der Waals surface area (Å²) in [4.78, 5) is 0. The third kappa shape index (κ3) is 3.86. The van der Waals surface area contributed by atoms with Crippen molar-refractivity contribution in [3.05, 3.63) is 69.9 Å². The Morgan fingerprint density at radius 2 is 1.89 bits per heavy atom. The van der Waals surface area contributed by atoms with Crippen LogP contribution in [-0.4, -0.2) is 11.7 Å². The number of aliphatic hydroxyl groups is 1. The first-order valence-corrected chi connectivity index (χ1v) is 6.83. The van der Waals surface area contributed by atoms with Crippen molar-refractivity contribution in [2.45, 2.75) is 12.6 Å². The van der Waals surface area contributed by atoms with E-state index >= 15 is 0 Å². The number of hydrogen-bond acceptors (Lipinski definition) is 2. The first kappa shape index (κ1) is 14.2. The molecule has 0 unspecified atom stereocenters. The Labute approximate surface area is 120 Å². The highest BCUT2D eigenvalue weighted by atomic mass is 79.9. The second kappa shape index (κ2) is 6.80. The molecule has 0 saturated carbocycles. The van der Waals surface area contributed by atoms with E-state index in [1.807, 2.05) is 30.3 Å². The molecule has 19 heavy (non-hydrogen) atoms. The lowest BCUT2D eigenvalue weighted by atomic mass is 10.1. The van der Waals surface area contributed by atoms with Gasteiger partial charge in [-0.1, -0.05) is 52.3 Å². The summed E-state index contributed by atoms with van der Waals surface area (Å²) >= 11 is 3.23. The number of benzene rings is 2. The third-order valence-corrected chi connectivity index (χ3v) is 3.43. The highest BCUT2D eigenvalue weighted by Crippen LogP contribution is 2.17. The van der Waals surface area contributed by atoms with Crippen LogP contribution in [-0.2, 0) is 6.54 Å². The van der Waals surface area contributed by atoms with Crippen LogP contribution in [0.25, 0.3) is 0 Å². The maximum atomic E-state index is 13.7. The van der Waals surface area contributed by atoms with Gasteiger partial charge in [-0.3, -0.25) is 0 Å². The molecule has 1 atom stereocenters. The third-order valence-electron chi connectivity index (χ3n) is 2.94. The van der Waals surface area contributed by atoms with Crippen LogP contribution in [0.1, 0.15) is 17.2 Å². The molecular formula is C15H15BrFNO. The van der Waals surface area contributed by atoms with E-state index in [0.717, 1.165) is 10.0 Å². The molecule has 0 aromatic heterocycles. The fourth-order valence-electron chi connectivity index (χ4n) is 1.87. The number of rotatable bonds is 5. The van der Waals surface area contributed by atoms with E-state index in [1.54, 1.807) is 12.1 Å². The van der Waals surface area contributed by atoms with Crippen molar-refractivity contribution in [1.82, 2.24) is 5.32 Å². The Morgan fingerprint density at radius 3 is 2.53 bits per heavy atom. The first-order valence-electron chi connectivity index (χ1n) is 6.04. The van der Waals surface area contributed by atoms with Crippen LogP contribution in [0.2, 0.25) is 0 Å². The summed E-state index contributed by atoms with van der Waals surface area (Å²) in [7, 11) is 0. The van der Waals surface area contributed by atoms with Crippen LogP contribution in [0.15, 0.2) is 53.0 Å². The molecular weight excluding hydrogens is 309 g/mol. The van der Waals surface area contributed by atoms with Gasteiger partial charge in [-0.15, -0.1) is 0 Å². The highest BCUT2D eigenvalue weighted by Gasteiger charge is 2.10. The predicted octanol–water partition coefficient (Wildman–Crippen LogP) is 3.41. The Bertz CT molecular complexity index is 533. The van der Waals surface area contributed by atoms with E-state index < -0.39 is 0 Å². The van der Waals surface area contributed by atoms with Crippen LogP contribution < -0.4 is 5.32 Å². The summed E-state index contributed by atoms with van der Waals surface area (Å²) in [5.74, 6) is -0.258. The lowest BCUT2D eigenvalue weighted by Gasteiger charge is -2.17. The number of hydrogen-bond donors (Lipinski definition) is 2. The molecule has 2 nitrogen and oxygen atoms in total. The first-order chi connectivity index (χ1) is 9.20. The van der Waals surface area contributed by atoms with Gasteiger partial charge >= 0.3 is 0 Å². The van der Waals surface area contributed by atoms with E-state index in [-0.39, 0.29) is 18.5 Å². The Kier molecular flexibility index (Phi) is 5.07. The zero-order chi connectivity index (χ0) is 13.7. The van der Waals surface area contributed by atoms with Gasteiger partial charge in [0, 0.05) is 16.6 Å². The molecule has 2 N–H and O–H groups in total. The van der Waals surface area contributed by atoms with Crippen molar-refractivity contribution in [3.63, 3.8) is 0 Å². The van der Waals surface area contributed by atoms with Crippen LogP contribution in [0, 0.1) is 5.82 Å². The zero-order valence-corrected chi connectivity index (χ0v) is 11.9. The number of nitrogens with one attached hydrogen (secondary N) is 1. The van der Waals surface area contributed by atoms with Crippen molar-refractivity contribution in [2.24, 2.45) is 0 Å². The minimum Gasteiger partial charge on any atom is -0.394 e. The molecule has 2 rings (SSSR count). The zero-order valence-electron chi connectivity index (χ0n) is 10.3. The van der Waals surface area contributed by atoms with Gasteiger partial charge in [0.2, 0.25) is 0 Å². The lowest BCUT2D eigenvalue weighted by Crippen LogP contribution is -2.24. The Hall–Kier alpha value is -1.23. The normalized spacial score (nSPS) is 12.4. The van der Waals surface area contributed by atoms with E-state index in [9.17, 15) is 9.50 Å². The summed E-state index contributed by atoms with van der Waals surface area (Å²) in [5, 5.41) is 12.6. The van der Waals surface area contributed by atoms with Gasteiger partial charge in [-0.2, -0.15) is 0 Å². The molecule has 0 fully saturated rings. The molecule has 100 valence electrons. The fourth-order valence-corrected chi connectivity index (χ4v) is 2.20. The van der Waals surface area contributed by atoms with Crippen molar-refractivity contribution >= 4 is 15.9 Å². The maximum Gasteiger partial charge on any atom is 0.128 e. The van der Waals surface area contributed by atoms with Crippen molar-refractivity contribution < 1.29 is 9.50 Å².